The highest BCUT2D eigenvalue weighted by atomic mass is 16.5. The summed E-state index contributed by atoms with van der Waals surface area (Å²) in [5, 5.41) is 7.75. The lowest BCUT2D eigenvalue weighted by Gasteiger charge is -2.11. The number of nitrogens with zero attached hydrogens (tertiary/aromatic N) is 4. The predicted octanol–water partition coefficient (Wildman–Crippen LogP) is 2.14. The van der Waals surface area contributed by atoms with E-state index < -0.39 is 0 Å². The van der Waals surface area contributed by atoms with Gasteiger partial charge >= 0.3 is 0 Å². The first kappa shape index (κ1) is 15.3. The van der Waals surface area contributed by atoms with Gasteiger partial charge in [0.05, 0.1) is 24.3 Å². The van der Waals surface area contributed by atoms with Crippen molar-refractivity contribution in [1.82, 2.24) is 30.1 Å². The lowest BCUT2D eigenvalue weighted by molar-refractivity contribution is 0.220. The molecule has 0 spiro atoms. The minimum absolute atomic E-state index is 0.123. The Balaban J connectivity index is 1.76. The number of hydrogen-bond donors (Lipinski definition) is 3. The molecule has 126 valence electrons. The zero-order valence-electron chi connectivity index (χ0n) is 13.6. The molecule has 0 saturated heterocycles. The highest BCUT2D eigenvalue weighted by Crippen LogP contribution is 2.30. The maximum absolute atomic E-state index is 5.66. The van der Waals surface area contributed by atoms with Crippen molar-refractivity contribution in [3.63, 3.8) is 0 Å². The van der Waals surface area contributed by atoms with E-state index in [1.807, 2.05) is 25.5 Å². The molecule has 0 aromatic carbocycles. The molecule has 0 radical (unpaired) electrons. The summed E-state index contributed by atoms with van der Waals surface area (Å²) in [6.45, 7) is 2.30. The van der Waals surface area contributed by atoms with E-state index >= 15 is 0 Å². The van der Waals surface area contributed by atoms with Crippen molar-refractivity contribution >= 4 is 11.0 Å². The molecule has 4 aromatic heterocycles. The second kappa shape index (κ2) is 6.33. The van der Waals surface area contributed by atoms with Gasteiger partial charge in [-0.25, -0.2) is 9.97 Å². The molecule has 0 unspecified atom stereocenters. The van der Waals surface area contributed by atoms with Crippen LogP contribution in [-0.4, -0.2) is 42.8 Å². The lowest BCUT2D eigenvalue weighted by Crippen LogP contribution is -2.23. The number of ether oxygens (including phenoxy) is 1. The van der Waals surface area contributed by atoms with Gasteiger partial charge in [-0.2, -0.15) is 5.10 Å². The summed E-state index contributed by atoms with van der Waals surface area (Å²) in [6, 6.07) is 2.05. The van der Waals surface area contributed by atoms with Crippen LogP contribution in [0, 0.1) is 0 Å². The molecule has 4 aromatic rings. The molecule has 8 heteroatoms. The number of fused-ring (bicyclic) bond motifs is 1. The molecule has 0 aliphatic rings. The maximum Gasteiger partial charge on any atom is 0.233 e. The van der Waals surface area contributed by atoms with Crippen molar-refractivity contribution in [2.45, 2.75) is 13.0 Å². The van der Waals surface area contributed by atoms with E-state index in [2.05, 4.69) is 36.2 Å². The Bertz CT molecular complexity index is 993. The largest absolute Gasteiger partial charge is 0.472 e. The molecule has 0 aliphatic carbocycles. The van der Waals surface area contributed by atoms with E-state index in [0.717, 1.165) is 27.7 Å². The Kier molecular flexibility index (Phi) is 3.87. The Labute approximate surface area is 143 Å². The number of hydrogen-bond acceptors (Lipinski definition) is 6. The van der Waals surface area contributed by atoms with Gasteiger partial charge in [-0.3, -0.25) is 10.1 Å². The summed E-state index contributed by atoms with van der Waals surface area (Å²) in [5.41, 5.74) is 9.94. The second-order valence-electron chi connectivity index (χ2n) is 5.72. The summed E-state index contributed by atoms with van der Waals surface area (Å²) >= 11 is 0. The van der Waals surface area contributed by atoms with Crippen LogP contribution in [0.25, 0.3) is 33.4 Å². The summed E-state index contributed by atoms with van der Waals surface area (Å²) in [7, 11) is 0. The van der Waals surface area contributed by atoms with Crippen LogP contribution in [0.2, 0.25) is 0 Å². The van der Waals surface area contributed by atoms with Gasteiger partial charge in [-0.05, 0) is 13.0 Å². The minimum atomic E-state index is -0.123. The number of H-pyrrole nitrogens is 2. The topological polar surface area (TPSA) is 118 Å². The summed E-state index contributed by atoms with van der Waals surface area (Å²) in [4.78, 5) is 16.4. The van der Waals surface area contributed by atoms with Crippen molar-refractivity contribution in [3.05, 3.63) is 43.2 Å². The molecule has 25 heavy (non-hydrogen) atoms. The standard InChI is InChI=1S/C17H17N7O/c1-10(3-18)25-16-9-19-8-15(24-16)14-7-21-17-13(14)2-11(4-20-17)12-5-22-23-6-12/h2,4-10H,3,18H2,1H3,(H,20,21)(H,22,23)/t10-/m0/s1. The molecule has 1 atom stereocenters. The van der Waals surface area contributed by atoms with Gasteiger partial charge in [-0.15, -0.1) is 0 Å². The van der Waals surface area contributed by atoms with Crippen molar-refractivity contribution in [2.75, 3.05) is 6.54 Å². The SMILES string of the molecule is C[C@@H](CN)Oc1cncc(-c2c[nH]c3ncc(-c4cn[nH]c4)cc23)n1. The number of nitrogens with one attached hydrogen (secondary N) is 2. The van der Waals surface area contributed by atoms with Crippen molar-refractivity contribution in [1.29, 1.82) is 0 Å². The minimum Gasteiger partial charge on any atom is -0.472 e. The van der Waals surface area contributed by atoms with Gasteiger partial charge in [0.2, 0.25) is 5.88 Å². The molecule has 0 saturated carbocycles. The molecule has 0 amide bonds. The van der Waals surface area contributed by atoms with Crippen molar-refractivity contribution in [3.8, 4) is 28.3 Å². The zero-order valence-corrected chi connectivity index (χ0v) is 13.6. The smallest absolute Gasteiger partial charge is 0.233 e. The van der Waals surface area contributed by atoms with Crippen LogP contribution >= 0.6 is 0 Å². The lowest BCUT2D eigenvalue weighted by atomic mass is 10.1. The third-order valence-electron chi connectivity index (χ3n) is 3.90. The van der Waals surface area contributed by atoms with Crippen LogP contribution in [0.3, 0.4) is 0 Å². The van der Waals surface area contributed by atoms with Gasteiger partial charge < -0.3 is 15.5 Å². The third-order valence-corrected chi connectivity index (χ3v) is 3.90. The summed E-state index contributed by atoms with van der Waals surface area (Å²) in [5.74, 6) is 0.448. The third kappa shape index (κ3) is 2.94. The van der Waals surface area contributed by atoms with Crippen molar-refractivity contribution in [2.24, 2.45) is 5.73 Å². The number of aromatic amines is 2. The average Bonchev–Trinajstić information content (AvgIpc) is 3.31. The van der Waals surface area contributed by atoms with Crippen LogP contribution < -0.4 is 10.5 Å². The normalized spacial score (nSPS) is 12.4. The zero-order chi connectivity index (χ0) is 17.2. The average molecular weight is 335 g/mol. The first-order chi connectivity index (χ1) is 12.2. The molecule has 4 heterocycles. The van der Waals surface area contributed by atoms with Gasteiger partial charge in [-0.1, -0.05) is 0 Å². The van der Waals surface area contributed by atoms with Gasteiger partial charge in [0.1, 0.15) is 11.8 Å². The number of aromatic nitrogens is 6. The molecule has 0 bridgehead atoms. The van der Waals surface area contributed by atoms with E-state index in [1.165, 1.54) is 0 Å². The number of pyridine rings is 1. The quantitative estimate of drug-likeness (QED) is 0.514. The molecule has 4 rings (SSSR count). The highest BCUT2D eigenvalue weighted by molar-refractivity contribution is 5.94. The second-order valence-corrected chi connectivity index (χ2v) is 5.72. The summed E-state index contributed by atoms with van der Waals surface area (Å²) in [6.07, 6.45) is 10.4. The first-order valence-electron chi connectivity index (χ1n) is 7.90. The Morgan fingerprint density at radius 2 is 2.08 bits per heavy atom. The van der Waals surface area contributed by atoms with Crippen LogP contribution in [0.5, 0.6) is 5.88 Å². The number of nitrogens with two attached hydrogens (primary N) is 1. The Morgan fingerprint density at radius 1 is 1.16 bits per heavy atom. The fraction of sp³-hybridized carbons (Fsp3) is 0.176. The van der Waals surface area contributed by atoms with Crippen molar-refractivity contribution < 1.29 is 4.74 Å². The van der Waals surface area contributed by atoms with Gasteiger partial charge in [0.25, 0.3) is 0 Å². The summed E-state index contributed by atoms with van der Waals surface area (Å²) < 4.78 is 5.66. The van der Waals surface area contributed by atoms with E-state index in [1.54, 1.807) is 18.6 Å². The van der Waals surface area contributed by atoms with Crippen LogP contribution in [0.1, 0.15) is 6.92 Å². The van der Waals surface area contributed by atoms with E-state index in [-0.39, 0.29) is 6.10 Å². The molecule has 8 nitrogen and oxygen atoms in total. The fourth-order valence-electron chi connectivity index (χ4n) is 2.57. The maximum atomic E-state index is 5.66. The highest BCUT2D eigenvalue weighted by Gasteiger charge is 2.12. The number of rotatable bonds is 5. The van der Waals surface area contributed by atoms with Crippen LogP contribution in [0.4, 0.5) is 0 Å². The van der Waals surface area contributed by atoms with Gasteiger partial charge in [0, 0.05) is 47.2 Å². The molecular formula is C17H17N7O. The van der Waals surface area contributed by atoms with Gasteiger partial charge in [0.15, 0.2) is 0 Å². The molecule has 0 aliphatic heterocycles. The van der Waals surface area contributed by atoms with E-state index in [9.17, 15) is 0 Å². The van der Waals surface area contributed by atoms with E-state index in [4.69, 9.17) is 10.5 Å². The van der Waals surface area contributed by atoms with Crippen LogP contribution in [-0.2, 0) is 0 Å². The molecular weight excluding hydrogens is 318 g/mol. The first-order valence-corrected chi connectivity index (χ1v) is 7.90. The Hall–Kier alpha value is -3.26. The monoisotopic (exact) mass is 335 g/mol. The molecule has 4 N–H and O–H groups in total. The predicted molar refractivity (Wildman–Crippen MR) is 93.8 cm³/mol. The van der Waals surface area contributed by atoms with Crippen LogP contribution in [0.15, 0.2) is 43.2 Å². The van der Waals surface area contributed by atoms with E-state index in [0.29, 0.717) is 18.1 Å². The molecule has 0 fully saturated rings. The Morgan fingerprint density at radius 3 is 2.88 bits per heavy atom. The fourth-order valence-corrected chi connectivity index (χ4v) is 2.57.